The Morgan fingerprint density at radius 2 is 1.05 bits per heavy atom. The number of hydrogen-bond donors (Lipinski definition) is 16. The van der Waals surface area contributed by atoms with Crippen molar-refractivity contribution < 1.29 is 139 Å². The Morgan fingerprint density at radius 3 is 1.69 bits per heavy atom. The lowest BCUT2D eigenvalue weighted by molar-refractivity contribution is -0.403. The molecule has 0 aromatic carbocycles. The summed E-state index contributed by atoms with van der Waals surface area (Å²) >= 11 is 0. The van der Waals surface area contributed by atoms with Crippen LogP contribution in [0.2, 0.25) is 0 Å². The largest absolute Gasteiger partial charge is 0.394 e. The second-order valence-electron chi connectivity index (χ2n) is 27.0. The molecule has 11 rings (SSSR count). The van der Waals surface area contributed by atoms with E-state index in [9.17, 15) is 81.7 Å². The van der Waals surface area contributed by atoms with Crippen molar-refractivity contribution in [1.82, 2.24) is 0 Å². The summed E-state index contributed by atoms with van der Waals surface area (Å²) in [6.45, 7) is 7.25. The predicted octanol–water partition coefficient (Wildman–Crippen LogP) is -5.02. The van der Waals surface area contributed by atoms with Gasteiger partial charge in [0.15, 0.2) is 37.2 Å². The SMILES string of the molecule is CC1OC(OC2C(CO)OC(OC3C(OC4CCC5(C)C(=CCC6C5CCC5(C)C6CC6OC7(CCC(C)(COC8OC(CO)C(O)C(O)C8O)O7)C(C)C65)C4)OC(CO)C(O)C3O)C(O)C2OC2OC(CO)C(O)C(O)C2O)C(O)C(O)C1O. The summed E-state index contributed by atoms with van der Waals surface area (Å²) in [6.07, 6.45) is -33.1. The number of aliphatic hydroxyl groups is 16. The van der Waals surface area contributed by atoms with Gasteiger partial charge in [0.1, 0.15) is 116 Å². The molecule has 28 nitrogen and oxygen atoms in total. The Bertz CT molecular complexity index is 2310. The zero-order valence-corrected chi connectivity index (χ0v) is 48.5. The van der Waals surface area contributed by atoms with Crippen molar-refractivity contribution in [2.24, 2.45) is 40.4 Å². The van der Waals surface area contributed by atoms with Crippen molar-refractivity contribution >= 4 is 0 Å². The zero-order chi connectivity index (χ0) is 61.1. The molecule has 0 radical (unpaired) electrons. The predicted molar refractivity (Wildman–Crippen MR) is 281 cm³/mol. The molecule has 7 heterocycles. The first-order valence-electron chi connectivity index (χ1n) is 30.4. The molecule has 0 bridgehead atoms. The van der Waals surface area contributed by atoms with Crippen molar-refractivity contribution in [1.29, 1.82) is 0 Å². The molecule has 11 aliphatic rings. The summed E-state index contributed by atoms with van der Waals surface area (Å²) < 4.78 is 74.1. The zero-order valence-electron chi connectivity index (χ0n) is 48.5. The second-order valence-corrected chi connectivity index (χ2v) is 27.0. The molecular weight excluding hydrogens is 1130 g/mol. The van der Waals surface area contributed by atoms with Crippen LogP contribution >= 0.6 is 0 Å². The number of ether oxygens (including phenoxy) is 12. The van der Waals surface area contributed by atoms with Crippen LogP contribution in [0.5, 0.6) is 0 Å². The maximum Gasteiger partial charge on any atom is 0.187 e. The standard InChI is InChI=1S/C57H92O28/c1-21-33-28(84-57(21)13-12-54(3,85-57)20-74-49-42(70)39(67)35(63)29(16-58)77-49)15-27-25-7-6-23-14-24(8-10-55(23,4)26(25)9-11-56(27,33)5)76-53-48(41(69)37(65)31(18-60)79-53)83-52-45(73)47(82-51-44(72)40(68)36(64)30(17-59)78-51)46(32(19-61)80-52)81-50-43(71)38(66)34(62)22(2)75-50/h6,21-22,24-53,58-73H,7-20H2,1-5H3. The highest BCUT2D eigenvalue weighted by Crippen LogP contribution is 2.71. The molecule has 85 heavy (non-hydrogen) atoms. The third-order valence-corrected chi connectivity index (χ3v) is 22.0. The summed E-state index contributed by atoms with van der Waals surface area (Å²) in [5.41, 5.74) is 0.174. The molecule has 36 unspecified atom stereocenters. The van der Waals surface area contributed by atoms with Crippen molar-refractivity contribution in [3.05, 3.63) is 11.6 Å². The molecule has 1 spiro atoms. The molecule has 0 amide bonds. The third kappa shape index (κ3) is 11.3. The Hall–Kier alpha value is -1.38. The Morgan fingerprint density at radius 1 is 0.506 bits per heavy atom. The third-order valence-electron chi connectivity index (χ3n) is 22.0. The molecule has 0 aromatic rings. The quantitative estimate of drug-likeness (QED) is 0.0683. The molecular formula is C57H92O28. The van der Waals surface area contributed by atoms with Crippen molar-refractivity contribution in [3.63, 3.8) is 0 Å². The van der Waals surface area contributed by atoms with E-state index in [0.29, 0.717) is 43.4 Å². The Balaban J connectivity index is 0.767. The van der Waals surface area contributed by atoms with E-state index in [-0.39, 0.29) is 35.4 Å². The van der Waals surface area contributed by atoms with Gasteiger partial charge >= 0.3 is 0 Å². The van der Waals surface area contributed by atoms with E-state index in [1.807, 2.05) is 6.92 Å². The topological polar surface area (TPSA) is 434 Å². The minimum atomic E-state index is -2.08. The van der Waals surface area contributed by atoms with Gasteiger partial charge in [-0.3, -0.25) is 0 Å². The molecule has 7 saturated heterocycles. The molecule has 16 N–H and O–H groups in total. The van der Waals surface area contributed by atoms with Gasteiger partial charge < -0.3 is 139 Å². The minimum Gasteiger partial charge on any atom is -0.394 e. The summed E-state index contributed by atoms with van der Waals surface area (Å²) in [5.74, 6) is 0.512. The summed E-state index contributed by atoms with van der Waals surface area (Å²) in [7, 11) is 0. The summed E-state index contributed by atoms with van der Waals surface area (Å²) in [5, 5.41) is 171. The van der Waals surface area contributed by atoms with E-state index in [0.717, 1.165) is 32.1 Å². The van der Waals surface area contributed by atoms with Crippen LogP contribution in [0.1, 0.15) is 92.4 Å². The molecule has 7 aliphatic heterocycles. The molecule has 3 saturated carbocycles. The molecule has 488 valence electrons. The van der Waals surface area contributed by atoms with E-state index >= 15 is 0 Å². The number of allylic oxidation sites excluding steroid dienone is 1. The average molecular weight is 1230 g/mol. The van der Waals surface area contributed by atoms with Crippen LogP contribution < -0.4 is 0 Å². The van der Waals surface area contributed by atoms with Crippen LogP contribution in [0.4, 0.5) is 0 Å². The Kier molecular flexibility index (Phi) is 19.1. The Labute approximate surface area is 491 Å². The molecule has 28 heteroatoms. The maximum absolute atomic E-state index is 12.2. The van der Waals surface area contributed by atoms with Gasteiger partial charge in [0.2, 0.25) is 0 Å². The van der Waals surface area contributed by atoms with Crippen molar-refractivity contribution in [2.75, 3.05) is 33.0 Å². The summed E-state index contributed by atoms with van der Waals surface area (Å²) in [6, 6.07) is 0. The fraction of sp³-hybridized carbons (Fsp3) is 0.965. The van der Waals surface area contributed by atoms with Gasteiger partial charge in [-0.15, -0.1) is 0 Å². The van der Waals surface area contributed by atoms with Gasteiger partial charge in [-0.1, -0.05) is 32.4 Å². The number of hydrogen-bond acceptors (Lipinski definition) is 28. The highest BCUT2D eigenvalue weighted by Gasteiger charge is 2.71. The van der Waals surface area contributed by atoms with E-state index in [4.69, 9.17) is 56.8 Å². The van der Waals surface area contributed by atoms with E-state index in [2.05, 4.69) is 26.8 Å². The first kappa shape index (κ1) is 65.1. The van der Waals surface area contributed by atoms with E-state index in [1.165, 1.54) is 12.5 Å². The lowest BCUT2D eigenvalue weighted by Crippen LogP contribution is -2.68. The minimum absolute atomic E-state index is 0.0200. The van der Waals surface area contributed by atoms with Crippen LogP contribution in [0.15, 0.2) is 11.6 Å². The normalized spacial score (nSPS) is 57.0. The lowest BCUT2D eigenvalue weighted by Gasteiger charge is -2.58. The fourth-order valence-electron chi connectivity index (χ4n) is 17.1. The van der Waals surface area contributed by atoms with Gasteiger partial charge in [-0.25, -0.2) is 0 Å². The highest BCUT2D eigenvalue weighted by atomic mass is 16.8. The molecule has 4 aliphatic carbocycles. The number of aliphatic hydroxyl groups excluding tert-OH is 16. The highest BCUT2D eigenvalue weighted by molar-refractivity contribution is 5.27. The van der Waals surface area contributed by atoms with Crippen molar-refractivity contribution in [2.45, 2.75) is 270 Å². The van der Waals surface area contributed by atoms with Gasteiger partial charge in [0.25, 0.3) is 0 Å². The molecule has 0 aromatic heterocycles. The smallest absolute Gasteiger partial charge is 0.187 e. The van der Waals surface area contributed by atoms with Gasteiger partial charge in [-0.2, -0.15) is 0 Å². The molecule has 10 fully saturated rings. The van der Waals surface area contributed by atoms with Crippen LogP contribution in [-0.4, -0.2) is 292 Å². The van der Waals surface area contributed by atoms with E-state index in [1.54, 1.807) is 0 Å². The fourth-order valence-corrected chi connectivity index (χ4v) is 17.1. The second kappa shape index (κ2) is 24.9. The maximum atomic E-state index is 12.2. The molecule has 36 atom stereocenters. The van der Waals surface area contributed by atoms with Crippen molar-refractivity contribution in [3.8, 4) is 0 Å². The van der Waals surface area contributed by atoms with Gasteiger partial charge in [0, 0.05) is 12.3 Å². The van der Waals surface area contributed by atoms with Crippen LogP contribution in [-0.2, 0) is 56.8 Å². The lowest BCUT2D eigenvalue weighted by atomic mass is 9.47. The van der Waals surface area contributed by atoms with Crippen LogP contribution in [0.3, 0.4) is 0 Å². The summed E-state index contributed by atoms with van der Waals surface area (Å²) in [4.78, 5) is 0. The number of rotatable bonds is 15. The average Bonchev–Trinajstić information content (AvgIpc) is 1.57. The monoisotopic (exact) mass is 1220 g/mol. The van der Waals surface area contributed by atoms with Crippen LogP contribution in [0, 0.1) is 40.4 Å². The number of fused-ring (bicyclic) bond motifs is 7. The van der Waals surface area contributed by atoms with Gasteiger partial charge in [0.05, 0.1) is 56.9 Å². The van der Waals surface area contributed by atoms with Gasteiger partial charge in [-0.05, 0) is 99.7 Å². The van der Waals surface area contributed by atoms with Crippen LogP contribution in [0.25, 0.3) is 0 Å². The van der Waals surface area contributed by atoms with E-state index < -0.39 is 197 Å². The first-order chi connectivity index (χ1) is 40.2. The first-order valence-corrected chi connectivity index (χ1v) is 30.4.